The van der Waals surface area contributed by atoms with E-state index in [-0.39, 0.29) is 5.75 Å². The Labute approximate surface area is 121 Å². The third-order valence-electron chi connectivity index (χ3n) is 2.11. The second-order valence-electron chi connectivity index (χ2n) is 3.41. The number of hydrogen-bond acceptors (Lipinski definition) is 4. The largest absolute Gasteiger partial charge is 0.506 e. The van der Waals surface area contributed by atoms with Crippen LogP contribution >= 0.6 is 31.9 Å². The molecule has 18 heavy (non-hydrogen) atoms. The molecule has 2 aromatic rings. The molecule has 0 unspecified atom stereocenters. The maximum absolute atomic E-state index is 9.82. The maximum atomic E-state index is 9.82. The van der Waals surface area contributed by atoms with E-state index < -0.39 is 0 Å². The highest BCUT2D eigenvalue weighted by atomic mass is 79.9. The van der Waals surface area contributed by atoms with Gasteiger partial charge in [0.05, 0.1) is 10.7 Å². The fourth-order valence-electron chi connectivity index (χ4n) is 1.28. The van der Waals surface area contributed by atoms with Crippen molar-refractivity contribution >= 4 is 43.9 Å². The number of benzene rings is 1. The Balaban J connectivity index is 2.15. The molecule has 0 aliphatic rings. The molecule has 0 atom stereocenters. The van der Waals surface area contributed by atoms with Crippen molar-refractivity contribution in [2.75, 3.05) is 5.43 Å². The topological polar surface area (TPSA) is 57.5 Å². The molecule has 1 aromatic carbocycles. The lowest BCUT2D eigenvalue weighted by Crippen LogP contribution is -1.93. The van der Waals surface area contributed by atoms with Gasteiger partial charge in [-0.2, -0.15) is 5.10 Å². The van der Waals surface area contributed by atoms with Crippen molar-refractivity contribution < 1.29 is 5.11 Å². The summed E-state index contributed by atoms with van der Waals surface area (Å²) in [7, 11) is 0. The number of rotatable bonds is 3. The lowest BCUT2D eigenvalue weighted by molar-refractivity contribution is 0.471. The zero-order valence-corrected chi connectivity index (χ0v) is 12.3. The zero-order chi connectivity index (χ0) is 13.0. The predicted molar refractivity (Wildman–Crippen MR) is 79.0 cm³/mol. The molecule has 4 nitrogen and oxygen atoms in total. The van der Waals surface area contributed by atoms with E-state index in [0.717, 1.165) is 4.47 Å². The molecular formula is C12H9Br2N3O. The van der Waals surface area contributed by atoms with Gasteiger partial charge in [-0.15, -0.1) is 0 Å². The standard InChI is InChI=1S/C12H9Br2N3O/c13-9-5-8(12(18)10(14)6-9)7-16-17-11-3-1-2-4-15-11/h1-7,18H,(H,15,17)/b16-7+. The summed E-state index contributed by atoms with van der Waals surface area (Å²) in [6, 6.07) is 9.01. The Morgan fingerprint density at radius 3 is 2.83 bits per heavy atom. The van der Waals surface area contributed by atoms with E-state index >= 15 is 0 Å². The number of hydrazone groups is 1. The van der Waals surface area contributed by atoms with Crippen LogP contribution in [0.1, 0.15) is 5.56 Å². The Morgan fingerprint density at radius 1 is 1.28 bits per heavy atom. The van der Waals surface area contributed by atoms with Crippen LogP contribution in [-0.2, 0) is 0 Å². The van der Waals surface area contributed by atoms with Crippen LogP contribution < -0.4 is 5.43 Å². The molecule has 1 heterocycles. The van der Waals surface area contributed by atoms with Gasteiger partial charge in [-0.1, -0.05) is 22.0 Å². The first-order chi connectivity index (χ1) is 8.66. The number of aromatic nitrogens is 1. The molecule has 0 bridgehead atoms. The van der Waals surface area contributed by atoms with Gasteiger partial charge in [0.2, 0.25) is 0 Å². The van der Waals surface area contributed by atoms with Crippen LogP contribution in [0.5, 0.6) is 5.75 Å². The summed E-state index contributed by atoms with van der Waals surface area (Å²) in [6.07, 6.45) is 3.20. The molecule has 0 amide bonds. The van der Waals surface area contributed by atoms with E-state index in [1.807, 2.05) is 12.1 Å². The monoisotopic (exact) mass is 369 g/mol. The number of hydrogen-bond donors (Lipinski definition) is 2. The Hall–Kier alpha value is -1.40. The van der Waals surface area contributed by atoms with E-state index in [1.54, 1.807) is 24.4 Å². The number of pyridine rings is 1. The summed E-state index contributed by atoms with van der Waals surface area (Å²) in [6.45, 7) is 0. The van der Waals surface area contributed by atoms with Crippen molar-refractivity contribution in [3.8, 4) is 5.75 Å². The first-order valence-corrected chi connectivity index (χ1v) is 6.63. The van der Waals surface area contributed by atoms with Crippen LogP contribution in [0.2, 0.25) is 0 Å². The zero-order valence-electron chi connectivity index (χ0n) is 9.14. The van der Waals surface area contributed by atoms with Gasteiger partial charge in [0.15, 0.2) is 0 Å². The third-order valence-corrected chi connectivity index (χ3v) is 3.17. The summed E-state index contributed by atoms with van der Waals surface area (Å²) in [5.74, 6) is 0.784. The molecule has 1 aromatic heterocycles. The predicted octanol–water partition coefficient (Wildman–Crippen LogP) is 3.76. The van der Waals surface area contributed by atoms with Gasteiger partial charge in [-0.25, -0.2) is 4.98 Å². The number of phenols is 1. The highest BCUT2D eigenvalue weighted by Crippen LogP contribution is 2.30. The molecular weight excluding hydrogens is 362 g/mol. The molecule has 6 heteroatoms. The van der Waals surface area contributed by atoms with Crippen molar-refractivity contribution in [2.45, 2.75) is 0 Å². The maximum Gasteiger partial charge on any atom is 0.146 e. The van der Waals surface area contributed by atoms with Gasteiger partial charge in [-0.05, 0) is 40.2 Å². The number of nitrogens with one attached hydrogen (secondary N) is 1. The van der Waals surface area contributed by atoms with Crippen LogP contribution in [0.4, 0.5) is 5.82 Å². The molecule has 0 spiro atoms. The molecule has 92 valence electrons. The molecule has 2 rings (SSSR count). The first kappa shape index (κ1) is 13.0. The highest BCUT2D eigenvalue weighted by molar-refractivity contribution is 9.11. The van der Waals surface area contributed by atoms with Gasteiger partial charge in [0.1, 0.15) is 11.6 Å². The Morgan fingerprint density at radius 2 is 2.11 bits per heavy atom. The second kappa shape index (κ2) is 5.97. The fourth-order valence-corrected chi connectivity index (χ4v) is 2.54. The minimum absolute atomic E-state index is 0.143. The number of aromatic hydroxyl groups is 1. The summed E-state index contributed by atoms with van der Waals surface area (Å²) >= 11 is 6.61. The molecule has 0 aliphatic heterocycles. The van der Waals surface area contributed by atoms with Crippen LogP contribution in [0.3, 0.4) is 0 Å². The minimum atomic E-state index is 0.143. The van der Waals surface area contributed by atoms with Gasteiger partial charge in [0, 0.05) is 16.2 Å². The SMILES string of the molecule is Oc1c(Br)cc(Br)cc1/C=N/Nc1ccccn1. The number of phenolic OH excluding ortho intramolecular Hbond substituents is 1. The fraction of sp³-hybridized carbons (Fsp3) is 0. The van der Waals surface area contributed by atoms with Crippen molar-refractivity contribution in [1.82, 2.24) is 4.98 Å². The van der Waals surface area contributed by atoms with E-state index in [4.69, 9.17) is 0 Å². The number of anilines is 1. The summed E-state index contributed by atoms with van der Waals surface area (Å²) < 4.78 is 1.46. The van der Waals surface area contributed by atoms with Gasteiger partial charge in [-0.3, -0.25) is 5.43 Å². The molecule has 0 radical (unpaired) electrons. The minimum Gasteiger partial charge on any atom is -0.506 e. The summed E-state index contributed by atoms with van der Waals surface area (Å²) in [4.78, 5) is 4.06. The molecule has 0 fully saturated rings. The first-order valence-electron chi connectivity index (χ1n) is 5.05. The quantitative estimate of drug-likeness (QED) is 0.638. The summed E-state index contributed by atoms with van der Waals surface area (Å²) in [5.41, 5.74) is 3.37. The third kappa shape index (κ3) is 3.30. The summed E-state index contributed by atoms with van der Waals surface area (Å²) in [5, 5.41) is 13.8. The van der Waals surface area contributed by atoms with Crippen LogP contribution in [0.25, 0.3) is 0 Å². The lowest BCUT2D eigenvalue weighted by atomic mass is 10.2. The van der Waals surface area contributed by atoms with Crippen LogP contribution in [0, 0.1) is 0 Å². The lowest BCUT2D eigenvalue weighted by Gasteiger charge is -2.03. The van der Waals surface area contributed by atoms with Crippen molar-refractivity contribution in [3.63, 3.8) is 0 Å². The highest BCUT2D eigenvalue weighted by Gasteiger charge is 2.04. The van der Waals surface area contributed by atoms with Crippen molar-refractivity contribution in [3.05, 3.63) is 51.0 Å². The van der Waals surface area contributed by atoms with Gasteiger partial charge in [0.25, 0.3) is 0 Å². The van der Waals surface area contributed by atoms with E-state index in [2.05, 4.69) is 47.4 Å². The molecule has 2 N–H and O–H groups in total. The molecule has 0 saturated heterocycles. The molecule has 0 saturated carbocycles. The number of nitrogens with zero attached hydrogens (tertiary/aromatic N) is 2. The van der Waals surface area contributed by atoms with Crippen molar-refractivity contribution in [2.24, 2.45) is 5.10 Å². The van der Waals surface area contributed by atoms with Crippen LogP contribution in [-0.4, -0.2) is 16.3 Å². The number of halogens is 2. The smallest absolute Gasteiger partial charge is 0.146 e. The van der Waals surface area contributed by atoms with Crippen LogP contribution in [0.15, 0.2) is 50.6 Å². The Kier molecular flexibility index (Phi) is 4.33. The van der Waals surface area contributed by atoms with E-state index in [1.165, 1.54) is 6.21 Å². The average molecular weight is 371 g/mol. The van der Waals surface area contributed by atoms with E-state index in [9.17, 15) is 5.11 Å². The average Bonchev–Trinajstić information content (AvgIpc) is 2.36. The van der Waals surface area contributed by atoms with Gasteiger partial charge >= 0.3 is 0 Å². The van der Waals surface area contributed by atoms with Gasteiger partial charge < -0.3 is 5.11 Å². The van der Waals surface area contributed by atoms with E-state index in [0.29, 0.717) is 15.9 Å². The second-order valence-corrected chi connectivity index (χ2v) is 5.18. The Bertz CT molecular complexity index is 573. The molecule has 0 aliphatic carbocycles. The van der Waals surface area contributed by atoms with Crippen molar-refractivity contribution in [1.29, 1.82) is 0 Å². The normalized spacial score (nSPS) is 10.8.